The molecule has 2 atom stereocenters. The molecule has 1 amide bonds. The van der Waals surface area contributed by atoms with Gasteiger partial charge in [0, 0.05) is 36.0 Å². The van der Waals surface area contributed by atoms with E-state index in [9.17, 15) is 9.90 Å². The number of benzene rings is 3. The Bertz CT molecular complexity index is 1230. The number of para-hydroxylation sites is 1. The number of nitrogens with one attached hydrogen (secondary N) is 3. The van der Waals surface area contributed by atoms with E-state index in [1.165, 1.54) is 0 Å². The van der Waals surface area contributed by atoms with Crippen LogP contribution in [0.3, 0.4) is 0 Å². The SMILES string of the molecule is Cc1cc(O)cc2c1CC(C(=O)NC1CCNc3ccc(Oc4c(Cl)cccc4Cl)cc31)N2. The van der Waals surface area contributed by atoms with Crippen molar-refractivity contribution in [3.05, 3.63) is 75.3 Å². The van der Waals surface area contributed by atoms with Gasteiger partial charge in [0.15, 0.2) is 5.75 Å². The fourth-order valence-corrected chi connectivity index (χ4v) is 4.95. The van der Waals surface area contributed by atoms with E-state index in [0.717, 1.165) is 41.0 Å². The van der Waals surface area contributed by atoms with Gasteiger partial charge in [-0.2, -0.15) is 0 Å². The predicted octanol–water partition coefficient (Wildman–Crippen LogP) is 5.81. The fourth-order valence-electron chi connectivity index (χ4n) is 4.48. The molecule has 5 rings (SSSR count). The van der Waals surface area contributed by atoms with Crippen molar-refractivity contribution in [1.82, 2.24) is 5.32 Å². The number of halogens is 2. The van der Waals surface area contributed by atoms with Crippen LogP contribution >= 0.6 is 23.2 Å². The summed E-state index contributed by atoms with van der Waals surface area (Å²) in [5.74, 6) is 1.10. The molecular formula is C25H23Cl2N3O3. The average Bonchev–Trinajstić information content (AvgIpc) is 3.21. The summed E-state index contributed by atoms with van der Waals surface area (Å²) < 4.78 is 5.99. The molecule has 0 aliphatic carbocycles. The van der Waals surface area contributed by atoms with Crippen LogP contribution in [0.4, 0.5) is 11.4 Å². The Morgan fingerprint density at radius 1 is 1.12 bits per heavy atom. The van der Waals surface area contributed by atoms with Crippen molar-refractivity contribution in [2.24, 2.45) is 0 Å². The largest absolute Gasteiger partial charge is 0.508 e. The van der Waals surface area contributed by atoms with Gasteiger partial charge in [0.25, 0.3) is 0 Å². The highest BCUT2D eigenvalue weighted by atomic mass is 35.5. The Balaban J connectivity index is 1.34. The molecule has 0 bridgehead atoms. The van der Waals surface area contributed by atoms with Crippen LogP contribution in [0.1, 0.15) is 29.2 Å². The monoisotopic (exact) mass is 483 g/mol. The highest BCUT2D eigenvalue weighted by Crippen LogP contribution is 2.39. The molecule has 0 radical (unpaired) electrons. The van der Waals surface area contributed by atoms with E-state index < -0.39 is 0 Å². The van der Waals surface area contributed by atoms with Crippen molar-refractivity contribution >= 4 is 40.5 Å². The zero-order chi connectivity index (χ0) is 23.1. The quantitative estimate of drug-likeness (QED) is 0.376. The molecule has 2 unspecified atom stereocenters. The van der Waals surface area contributed by atoms with Crippen LogP contribution in [0.15, 0.2) is 48.5 Å². The van der Waals surface area contributed by atoms with E-state index in [2.05, 4.69) is 16.0 Å². The van der Waals surface area contributed by atoms with Gasteiger partial charge in [-0.05, 0) is 60.9 Å². The maximum absolute atomic E-state index is 13.1. The lowest BCUT2D eigenvalue weighted by Crippen LogP contribution is -2.42. The molecule has 0 saturated carbocycles. The minimum absolute atomic E-state index is 0.0802. The van der Waals surface area contributed by atoms with Crippen molar-refractivity contribution in [3.8, 4) is 17.2 Å². The molecule has 33 heavy (non-hydrogen) atoms. The van der Waals surface area contributed by atoms with Gasteiger partial charge in [0.1, 0.15) is 17.5 Å². The second kappa shape index (κ2) is 8.69. The number of hydrogen-bond acceptors (Lipinski definition) is 5. The van der Waals surface area contributed by atoms with Gasteiger partial charge in [-0.15, -0.1) is 0 Å². The van der Waals surface area contributed by atoms with E-state index in [1.807, 2.05) is 25.1 Å². The summed E-state index contributed by atoms with van der Waals surface area (Å²) in [6, 6.07) is 13.7. The lowest BCUT2D eigenvalue weighted by Gasteiger charge is -2.29. The van der Waals surface area contributed by atoms with Gasteiger partial charge in [0.05, 0.1) is 16.1 Å². The fraction of sp³-hybridized carbons (Fsp3) is 0.240. The smallest absolute Gasteiger partial charge is 0.243 e. The van der Waals surface area contributed by atoms with Crippen LogP contribution in [0.5, 0.6) is 17.2 Å². The summed E-state index contributed by atoms with van der Waals surface area (Å²) >= 11 is 12.5. The zero-order valence-electron chi connectivity index (χ0n) is 17.9. The van der Waals surface area contributed by atoms with Gasteiger partial charge >= 0.3 is 0 Å². The highest BCUT2D eigenvalue weighted by molar-refractivity contribution is 6.37. The van der Waals surface area contributed by atoms with Gasteiger partial charge in [0.2, 0.25) is 5.91 Å². The molecule has 170 valence electrons. The number of phenols is 1. The Morgan fingerprint density at radius 2 is 1.91 bits per heavy atom. The van der Waals surface area contributed by atoms with Crippen LogP contribution in [-0.2, 0) is 11.2 Å². The second-order valence-corrected chi connectivity index (χ2v) is 9.18. The summed E-state index contributed by atoms with van der Waals surface area (Å²) in [7, 11) is 0. The van der Waals surface area contributed by atoms with Crippen molar-refractivity contribution in [2.45, 2.75) is 31.8 Å². The number of anilines is 2. The summed E-state index contributed by atoms with van der Waals surface area (Å²) in [5.41, 5.74) is 4.74. The van der Waals surface area contributed by atoms with Gasteiger partial charge in [-0.3, -0.25) is 4.79 Å². The third kappa shape index (κ3) is 4.28. The molecule has 2 aliphatic rings. The van der Waals surface area contributed by atoms with E-state index in [1.54, 1.807) is 30.3 Å². The lowest BCUT2D eigenvalue weighted by atomic mass is 9.96. The second-order valence-electron chi connectivity index (χ2n) is 8.37. The average molecular weight is 484 g/mol. The Hall–Kier alpha value is -3.09. The Kier molecular flexibility index (Phi) is 5.72. The van der Waals surface area contributed by atoms with Crippen LogP contribution in [0.25, 0.3) is 0 Å². The predicted molar refractivity (Wildman–Crippen MR) is 131 cm³/mol. The van der Waals surface area contributed by atoms with Gasteiger partial charge < -0.3 is 25.8 Å². The van der Waals surface area contributed by atoms with Crippen LogP contribution in [0, 0.1) is 6.92 Å². The van der Waals surface area contributed by atoms with Crippen LogP contribution in [-0.4, -0.2) is 23.6 Å². The molecule has 8 heteroatoms. The maximum Gasteiger partial charge on any atom is 0.243 e. The Morgan fingerprint density at radius 3 is 2.70 bits per heavy atom. The van der Waals surface area contributed by atoms with Gasteiger partial charge in [-0.25, -0.2) is 0 Å². The van der Waals surface area contributed by atoms with Crippen LogP contribution in [0.2, 0.25) is 10.0 Å². The summed E-state index contributed by atoms with van der Waals surface area (Å²) in [6.45, 7) is 2.69. The van der Waals surface area contributed by atoms with E-state index >= 15 is 0 Å². The zero-order valence-corrected chi connectivity index (χ0v) is 19.4. The third-order valence-corrected chi connectivity index (χ3v) is 6.71. The first-order chi connectivity index (χ1) is 15.9. The number of carbonyl (C=O) groups is 1. The standard InChI is InChI=1S/C25H23Cl2N3O3/c1-13-9-14(31)10-22-16(13)12-23(29-22)25(32)30-21-7-8-28-20-6-5-15(11-17(20)21)33-24-18(26)3-2-4-19(24)27/h2-6,9-11,21,23,28-29,31H,7-8,12H2,1H3,(H,30,32). The number of ether oxygens (including phenoxy) is 1. The number of aryl methyl sites for hydroxylation is 1. The first-order valence-corrected chi connectivity index (χ1v) is 11.5. The topological polar surface area (TPSA) is 82.6 Å². The molecule has 2 aliphatic heterocycles. The third-order valence-electron chi connectivity index (χ3n) is 6.11. The molecule has 0 saturated heterocycles. The number of phenolic OH excluding ortho intramolecular Hbond substituents is 1. The number of fused-ring (bicyclic) bond motifs is 2. The van der Waals surface area contributed by atoms with E-state index in [-0.39, 0.29) is 23.7 Å². The minimum Gasteiger partial charge on any atom is -0.508 e. The van der Waals surface area contributed by atoms with E-state index in [0.29, 0.717) is 28.0 Å². The van der Waals surface area contributed by atoms with E-state index in [4.69, 9.17) is 27.9 Å². The van der Waals surface area contributed by atoms with Crippen molar-refractivity contribution in [3.63, 3.8) is 0 Å². The van der Waals surface area contributed by atoms with Crippen molar-refractivity contribution in [1.29, 1.82) is 0 Å². The van der Waals surface area contributed by atoms with Gasteiger partial charge in [-0.1, -0.05) is 29.3 Å². The highest BCUT2D eigenvalue weighted by Gasteiger charge is 2.31. The number of carbonyl (C=O) groups excluding carboxylic acids is 1. The van der Waals surface area contributed by atoms with Crippen molar-refractivity contribution < 1.29 is 14.6 Å². The number of amides is 1. The molecule has 3 aromatic rings. The number of aromatic hydroxyl groups is 1. The first kappa shape index (κ1) is 21.7. The summed E-state index contributed by atoms with van der Waals surface area (Å²) in [6.07, 6.45) is 1.33. The maximum atomic E-state index is 13.1. The summed E-state index contributed by atoms with van der Waals surface area (Å²) in [4.78, 5) is 13.1. The normalized spacial score (nSPS) is 18.5. The summed E-state index contributed by atoms with van der Waals surface area (Å²) in [5, 5.41) is 20.5. The van der Waals surface area contributed by atoms with Crippen molar-refractivity contribution in [2.75, 3.05) is 17.2 Å². The molecule has 0 aromatic heterocycles. The molecule has 3 aromatic carbocycles. The first-order valence-electron chi connectivity index (χ1n) is 10.8. The molecule has 6 nitrogen and oxygen atoms in total. The lowest BCUT2D eigenvalue weighted by molar-refractivity contribution is -0.122. The number of hydrogen-bond donors (Lipinski definition) is 4. The number of rotatable bonds is 4. The molecule has 4 N–H and O–H groups in total. The Labute approximate surface area is 201 Å². The molecular weight excluding hydrogens is 461 g/mol. The minimum atomic E-state index is -0.389. The molecule has 2 heterocycles. The van der Waals surface area contributed by atoms with Crippen LogP contribution < -0.4 is 20.7 Å². The molecule has 0 fully saturated rings. The molecule has 0 spiro atoms.